The summed E-state index contributed by atoms with van der Waals surface area (Å²) in [6.45, 7) is 2.78. The summed E-state index contributed by atoms with van der Waals surface area (Å²) in [6.07, 6.45) is 1.52. The molecule has 0 radical (unpaired) electrons. The minimum atomic E-state index is -0.513. The molecule has 0 saturated carbocycles. The highest BCUT2D eigenvalue weighted by molar-refractivity contribution is 14.1. The summed E-state index contributed by atoms with van der Waals surface area (Å²) in [5.74, 6) is 1.23. The van der Waals surface area contributed by atoms with Gasteiger partial charge >= 0.3 is 0 Å². The van der Waals surface area contributed by atoms with Crippen molar-refractivity contribution in [2.24, 2.45) is 0 Å². The molecule has 0 fully saturated rings. The molecular formula is C26H22BrIN2O4. The first-order chi connectivity index (χ1) is 16.4. The monoisotopic (exact) mass is 632 g/mol. The number of amides is 1. The molecule has 8 heteroatoms. The summed E-state index contributed by atoms with van der Waals surface area (Å²) in [5.41, 5.74) is 2.16. The summed E-state index contributed by atoms with van der Waals surface area (Å²) >= 11 is 5.57. The van der Waals surface area contributed by atoms with Crippen molar-refractivity contribution in [3.05, 3.63) is 85.4 Å². The topological polar surface area (TPSA) is 80.6 Å². The number of halogens is 2. The standard InChI is InChI=1S/C26H22BrIN2O4/c1-3-33-22-6-4-5-21(14-22)30-26(31)19(15-29)11-18-12-23(28)25(24(13-18)32-2)34-16-17-7-9-20(27)10-8-17/h4-14H,3,16H2,1-2H3,(H,30,31)/b19-11-. The number of nitrogens with zero attached hydrogens (tertiary/aromatic N) is 1. The van der Waals surface area contributed by atoms with Crippen molar-refractivity contribution in [3.8, 4) is 23.3 Å². The first kappa shape index (κ1) is 25.6. The number of hydrogen-bond acceptors (Lipinski definition) is 5. The molecule has 0 aliphatic carbocycles. The lowest BCUT2D eigenvalue weighted by atomic mass is 10.1. The number of methoxy groups -OCH3 is 1. The van der Waals surface area contributed by atoms with Crippen LogP contribution >= 0.6 is 38.5 Å². The highest BCUT2D eigenvalue weighted by Crippen LogP contribution is 2.35. The Balaban J connectivity index is 1.79. The number of carbonyl (C=O) groups is 1. The maximum Gasteiger partial charge on any atom is 0.266 e. The number of benzene rings is 3. The van der Waals surface area contributed by atoms with Crippen molar-refractivity contribution >= 4 is 56.2 Å². The summed E-state index contributed by atoms with van der Waals surface area (Å²) in [7, 11) is 1.55. The number of ether oxygens (including phenoxy) is 3. The van der Waals surface area contributed by atoms with E-state index in [1.165, 1.54) is 6.08 Å². The van der Waals surface area contributed by atoms with Crippen LogP contribution in [-0.2, 0) is 11.4 Å². The van der Waals surface area contributed by atoms with E-state index >= 15 is 0 Å². The predicted octanol–water partition coefficient (Wildman–Crippen LogP) is 6.59. The van der Waals surface area contributed by atoms with Gasteiger partial charge < -0.3 is 19.5 Å². The lowest BCUT2D eigenvalue weighted by molar-refractivity contribution is -0.112. The van der Waals surface area contributed by atoms with E-state index in [0.717, 1.165) is 13.6 Å². The second-order valence-corrected chi connectivity index (χ2v) is 9.11. The smallest absolute Gasteiger partial charge is 0.266 e. The fourth-order valence-corrected chi connectivity index (χ4v) is 4.09. The van der Waals surface area contributed by atoms with E-state index in [4.69, 9.17) is 14.2 Å². The van der Waals surface area contributed by atoms with Crippen LogP contribution in [0.1, 0.15) is 18.1 Å². The summed E-state index contributed by atoms with van der Waals surface area (Å²) in [4.78, 5) is 12.7. The summed E-state index contributed by atoms with van der Waals surface area (Å²) in [6, 6.07) is 20.4. The second kappa shape index (κ2) is 12.4. The van der Waals surface area contributed by atoms with Crippen LogP contribution in [0, 0.1) is 14.9 Å². The van der Waals surface area contributed by atoms with Crippen molar-refractivity contribution in [1.82, 2.24) is 0 Å². The van der Waals surface area contributed by atoms with Gasteiger partial charge in [0.1, 0.15) is 24.0 Å². The predicted molar refractivity (Wildman–Crippen MR) is 144 cm³/mol. The molecule has 0 heterocycles. The van der Waals surface area contributed by atoms with Gasteiger partial charge in [0, 0.05) is 16.2 Å². The third-order valence-corrected chi connectivity index (χ3v) is 5.96. The Bertz CT molecular complexity index is 1240. The molecule has 0 aliphatic heterocycles. The van der Waals surface area contributed by atoms with Crippen LogP contribution in [0.15, 0.2) is 70.7 Å². The Morgan fingerprint density at radius 2 is 1.91 bits per heavy atom. The minimum Gasteiger partial charge on any atom is -0.494 e. The maximum absolute atomic E-state index is 12.7. The van der Waals surface area contributed by atoms with Gasteiger partial charge in [0.2, 0.25) is 0 Å². The van der Waals surface area contributed by atoms with E-state index in [1.54, 1.807) is 37.4 Å². The molecule has 174 valence electrons. The molecule has 3 aromatic carbocycles. The van der Waals surface area contributed by atoms with Gasteiger partial charge in [-0.05, 0) is 83.1 Å². The molecular weight excluding hydrogens is 611 g/mol. The van der Waals surface area contributed by atoms with Gasteiger partial charge in [0.05, 0.1) is 17.3 Å². The van der Waals surface area contributed by atoms with E-state index in [0.29, 0.717) is 41.7 Å². The van der Waals surface area contributed by atoms with E-state index in [1.807, 2.05) is 43.3 Å². The van der Waals surface area contributed by atoms with Crippen molar-refractivity contribution < 1.29 is 19.0 Å². The quantitative estimate of drug-likeness (QED) is 0.164. The molecule has 0 spiro atoms. The molecule has 0 aromatic heterocycles. The highest BCUT2D eigenvalue weighted by atomic mass is 127. The molecule has 34 heavy (non-hydrogen) atoms. The van der Waals surface area contributed by atoms with Crippen molar-refractivity contribution in [3.63, 3.8) is 0 Å². The van der Waals surface area contributed by atoms with Gasteiger partial charge in [0.15, 0.2) is 11.5 Å². The first-order valence-electron chi connectivity index (χ1n) is 10.3. The van der Waals surface area contributed by atoms with Gasteiger partial charge in [-0.15, -0.1) is 0 Å². The van der Waals surface area contributed by atoms with Gasteiger partial charge in [-0.3, -0.25) is 4.79 Å². The molecule has 0 saturated heterocycles. The number of nitrogens with one attached hydrogen (secondary N) is 1. The van der Waals surface area contributed by atoms with Crippen molar-refractivity contribution in [2.45, 2.75) is 13.5 Å². The zero-order valence-electron chi connectivity index (χ0n) is 18.6. The Morgan fingerprint density at radius 3 is 2.59 bits per heavy atom. The minimum absolute atomic E-state index is 0.0387. The van der Waals surface area contributed by atoms with Crippen LogP contribution in [0.5, 0.6) is 17.2 Å². The second-order valence-electron chi connectivity index (χ2n) is 7.03. The first-order valence-corrected chi connectivity index (χ1v) is 12.2. The van der Waals surface area contributed by atoms with Gasteiger partial charge in [-0.25, -0.2) is 0 Å². The fraction of sp³-hybridized carbons (Fsp3) is 0.154. The Kier molecular flexibility index (Phi) is 9.36. The van der Waals surface area contributed by atoms with Crippen LogP contribution in [-0.4, -0.2) is 19.6 Å². The number of anilines is 1. The van der Waals surface area contributed by atoms with Crippen LogP contribution in [0.2, 0.25) is 0 Å². The Hall–Kier alpha value is -3.03. The van der Waals surface area contributed by atoms with Gasteiger partial charge in [-0.2, -0.15) is 5.26 Å². The highest BCUT2D eigenvalue weighted by Gasteiger charge is 2.14. The lowest BCUT2D eigenvalue weighted by Gasteiger charge is -2.14. The van der Waals surface area contributed by atoms with Crippen molar-refractivity contribution in [2.75, 3.05) is 19.0 Å². The molecule has 0 bridgehead atoms. The number of nitriles is 1. The normalized spacial score (nSPS) is 10.9. The molecule has 1 N–H and O–H groups in total. The number of rotatable bonds is 9. The zero-order chi connectivity index (χ0) is 24.5. The Labute approximate surface area is 220 Å². The lowest BCUT2D eigenvalue weighted by Crippen LogP contribution is -2.13. The molecule has 0 atom stereocenters. The number of hydrogen-bond donors (Lipinski definition) is 1. The molecule has 3 aromatic rings. The van der Waals surface area contributed by atoms with Gasteiger partial charge in [0.25, 0.3) is 5.91 Å². The molecule has 0 unspecified atom stereocenters. The van der Waals surface area contributed by atoms with E-state index in [9.17, 15) is 10.1 Å². The largest absolute Gasteiger partial charge is 0.494 e. The van der Waals surface area contributed by atoms with Crippen molar-refractivity contribution in [1.29, 1.82) is 5.26 Å². The van der Waals surface area contributed by atoms with Gasteiger partial charge in [-0.1, -0.05) is 34.1 Å². The van der Waals surface area contributed by atoms with Crippen LogP contribution < -0.4 is 19.5 Å². The molecule has 6 nitrogen and oxygen atoms in total. The van der Waals surface area contributed by atoms with Crippen LogP contribution in [0.4, 0.5) is 5.69 Å². The zero-order valence-corrected chi connectivity index (χ0v) is 22.3. The average Bonchev–Trinajstić information content (AvgIpc) is 2.83. The van der Waals surface area contributed by atoms with E-state index in [2.05, 4.69) is 43.8 Å². The van der Waals surface area contributed by atoms with E-state index < -0.39 is 5.91 Å². The fourth-order valence-electron chi connectivity index (χ4n) is 3.04. The van der Waals surface area contributed by atoms with Crippen LogP contribution in [0.25, 0.3) is 6.08 Å². The summed E-state index contributed by atoms with van der Waals surface area (Å²) < 4.78 is 18.8. The Morgan fingerprint density at radius 1 is 1.15 bits per heavy atom. The molecule has 3 rings (SSSR count). The molecule has 0 aliphatic rings. The average molecular weight is 633 g/mol. The van der Waals surface area contributed by atoms with Crippen LogP contribution in [0.3, 0.4) is 0 Å². The maximum atomic E-state index is 12.7. The van der Waals surface area contributed by atoms with E-state index in [-0.39, 0.29) is 5.57 Å². The number of carbonyl (C=O) groups excluding carboxylic acids is 1. The summed E-state index contributed by atoms with van der Waals surface area (Å²) in [5, 5.41) is 12.3. The SMILES string of the molecule is CCOc1cccc(NC(=O)/C(C#N)=C\c2cc(I)c(OCc3ccc(Br)cc3)c(OC)c2)c1. The third-order valence-electron chi connectivity index (χ3n) is 4.63. The molecule has 1 amide bonds. The third kappa shape index (κ3) is 6.98.